The van der Waals surface area contributed by atoms with Crippen molar-refractivity contribution >= 4 is 27.5 Å². The number of hydrogen-bond acceptors (Lipinski definition) is 6. The fourth-order valence-electron chi connectivity index (χ4n) is 4.99. The molecule has 0 aliphatic carbocycles. The molecule has 1 amide bonds. The summed E-state index contributed by atoms with van der Waals surface area (Å²) in [5.74, 6) is -2.20. The van der Waals surface area contributed by atoms with Crippen molar-refractivity contribution in [2.75, 3.05) is 40.4 Å². The first-order valence-electron chi connectivity index (χ1n) is 11.8. The maximum Gasteiger partial charge on any atom is 0.409 e. The number of sulfone groups is 1. The summed E-state index contributed by atoms with van der Waals surface area (Å²) in [7, 11) is -0.302. The Balaban J connectivity index is 1.63. The van der Waals surface area contributed by atoms with Crippen molar-refractivity contribution in [3.8, 4) is 5.75 Å². The SMILES string of the molecule is CN(C)C1CCN(C(=O)OCCC2(S(=O)(=O)c3ccc(Cl)cc3)CCOc3c(F)ccc(F)c32)CC1. The topological polar surface area (TPSA) is 76.2 Å². The third-order valence-corrected chi connectivity index (χ3v) is 9.88. The molecule has 1 unspecified atom stereocenters. The van der Waals surface area contributed by atoms with Gasteiger partial charge < -0.3 is 19.3 Å². The minimum atomic E-state index is -4.29. The van der Waals surface area contributed by atoms with E-state index < -0.39 is 38.1 Å². The van der Waals surface area contributed by atoms with Gasteiger partial charge in [-0.1, -0.05) is 11.6 Å². The molecule has 2 aromatic carbocycles. The van der Waals surface area contributed by atoms with Crippen LogP contribution in [0.5, 0.6) is 5.75 Å². The third-order valence-electron chi connectivity index (χ3n) is 7.09. The first-order chi connectivity index (χ1) is 17.1. The van der Waals surface area contributed by atoms with E-state index in [2.05, 4.69) is 4.90 Å². The second kappa shape index (κ2) is 10.5. The maximum atomic E-state index is 15.2. The highest BCUT2D eigenvalue weighted by molar-refractivity contribution is 7.92. The van der Waals surface area contributed by atoms with Gasteiger partial charge in [0.15, 0.2) is 21.4 Å². The summed E-state index contributed by atoms with van der Waals surface area (Å²) < 4.78 is 66.7. The smallest absolute Gasteiger partial charge is 0.409 e. The Bertz CT molecular complexity index is 1220. The molecular weight excluding hydrogens is 514 g/mol. The lowest BCUT2D eigenvalue weighted by atomic mass is 9.88. The van der Waals surface area contributed by atoms with Gasteiger partial charge in [0.1, 0.15) is 10.6 Å². The molecule has 0 bridgehead atoms. The number of carbonyl (C=O) groups excluding carboxylic acids is 1. The number of fused-ring (bicyclic) bond motifs is 1. The van der Waals surface area contributed by atoms with Gasteiger partial charge >= 0.3 is 6.09 Å². The van der Waals surface area contributed by atoms with Crippen LogP contribution >= 0.6 is 11.6 Å². The van der Waals surface area contributed by atoms with E-state index >= 15 is 4.39 Å². The van der Waals surface area contributed by atoms with Gasteiger partial charge in [0.25, 0.3) is 0 Å². The lowest BCUT2D eigenvalue weighted by molar-refractivity contribution is 0.0763. The number of piperidine rings is 1. The Labute approximate surface area is 214 Å². The Kier molecular flexibility index (Phi) is 7.78. The van der Waals surface area contributed by atoms with Crippen LogP contribution in [0.1, 0.15) is 31.2 Å². The number of rotatable bonds is 6. The molecule has 1 saturated heterocycles. The zero-order valence-electron chi connectivity index (χ0n) is 20.2. The van der Waals surface area contributed by atoms with E-state index in [1.807, 2.05) is 14.1 Å². The number of nitrogens with zero attached hydrogens (tertiary/aromatic N) is 2. The average Bonchev–Trinajstić information content (AvgIpc) is 2.86. The molecule has 0 saturated carbocycles. The summed E-state index contributed by atoms with van der Waals surface area (Å²) >= 11 is 5.94. The van der Waals surface area contributed by atoms with Crippen LogP contribution in [0.3, 0.4) is 0 Å². The molecule has 2 heterocycles. The van der Waals surface area contributed by atoms with Crippen LogP contribution in [0.2, 0.25) is 5.02 Å². The van der Waals surface area contributed by atoms with Gasteiger partial charge in [0.2, 0.25) is 0 Å². The van der Waals surface area contributed by atoms with Gasteiger partial charge in [-0.2, -0.15) is 0 Å². The third kappa shape index (κ3) is 4.90. The van der Waals surface area contributed by atoms with E-state index in [9.17, 15) is 17.6 Å². The summed E-state index contributed by atoms with van der Waals surface area (Å²) in [5, 5.41) is 0.333. The van der Waals surface area contributed by atoms with E-state index in [0.29, 0.717) is 24.2 Å². The van der Waals surface area contributed by atoms with Crippen LogP contribution in [0.4, 0.5) is 13.6 Å². The highest BCUT2D eigenvalue weighted by Crippen LogP contribution is 2.50. The van der Waals surface area contributed by atoms with Crippen molar-refractivity contribution in [2.24, 2.45) is 0 Å². The van der Waals surface area contributed by atoms with E-state index in [1.165, 1.54) is 24.3 Å². The highest BCUT2D eigenvalue weighted by Gasteiger charge is 2.52. The van der Waals surface area contributed by atoms with Crippen molar-refractivity contribution in [1.82, 2.24) is 9.80 Å². The van der Waals surface area contributed by atoms with Crippen LogP contribution in [0, 0.1) is 11.6 Å². The van der Waals surface area contributed by atoms with Crippen molar-refractivity contribution in [2.45, 2.75) is 41.4 Å². The second-order valence-corrected chi connectivity index (χ2v) is 12.0. The molecule has 0 aromatic heterocycles. The molecular formula is C25H29ClF2N2O5S. The molecule has 4 rings (SSSR count). The monoisotopic (exact) mass is 542 g/mol. The van der Waals surface area contributed by atoms with Crippen molar-refractivity contribution < 1.29 is 31.5 Å². The molecule has 0 spiro atoms. The quantitative estimate of drug-likeness (QED) is 0.530. The number of halogens is 3. The fourth-order valence-corrected chi connectivity index (χ4v) is 7.23. The molecule has 11 heteroatoms. The fraction of sp³-hybridized carbons (Fsp3) is 0.480. The number of hydrogen-bond donors (Lipinski definition) is 0. The number of likely N-dealkylation sites (tertiary alicyclic amines) is 1. The first-order valence-corrected chi connectivity index (χ1v) is 13.6. The van der Waals surface area contributed by atoms with Crippen molar-refractivity contribution in [3.63, 3.8) is 0 Å². The lowest BCUT2D eigenvalue weighted by Gasteiger charge is -2.39. The first kappa shape index (κ1) is 26.6. The second-order valence-electron chi connectivity index (χ2n) is 9.33. The van der Waals surface area contributed by atoms with Crippen LogP contribution in [0.25, 0.3) is 0 Å². The zero-order valence-corrected chi connectivity index (χ0v) is 21.7. The number of ether oxygens (including phenoxy) is 2. The number of benzene rings is 2. The molecule has 0 radical (unpaired) electrons. The predicted octanol–water partition coefficient (Wildman–Crippen LogP) is 4.62. The Morgan fingerprint density at radius 3 is 2.42 bits per heavy atom. The summed E-state index contributed by atoms with van der Waals surface area (Å²) in [6, 6.07) is 7.65. The molecule has 1 fully saturated rings. The summed E-state index contributed by atoms with van der Waals surface area (Å²) in [4.78, 5) is 16.3. The largest absolute Gasteiger partial charge is 0.490 e. The summed E-state index contributed by atoms with van der Waals surface area (Å²) in [6.07, 6.45) is 0.627. The minimum Gasteiger partial charge on any atom is -0.490 e. The van der Waals surface area contributed by atoms with Crippen molar-refractivity contribution in [1.29, 1.82) is 0 Å². The molecule has 1 atom stereocenters. The Morgan fingerprint density at radius 2 is 1.78 bits per heavy atom. The van der Waals surface area contributed by atoms with E-state index in [0.717, 1.165) is 25.0 Å². The zero-order chi connectivity index (χ0) is 26.1. The molecule has 36 heavy (non-hydrogen) atoms. The summed E-state index contributed by atoms with van der Waals surface area (Å²) in [5.41, 5.74) is -0.383. The minimum absolute atomic E-state index is 0.0968. The van der Waals surface area contributed by atoms with Crippen LogP contribution in [-0.4, -0.2) is 70.8 Å². The normalized spacial score (nSPS) is 20.7. The van der Waals surface area contributed by atoms with Gasteiger partial charge in [0.05, 0.1) is 23.7 Å². The Hall–Kier alpha value is -2.43. The molecule has 2 aliphatic rings. The molecule has 7 nitrogen and oxygen atoms in total. The molecule has 2 aromatic rings. The lowest BCUT2D eigenvalue weighted by Crippen LogP contribution is -2.45. The molecule has 196 valence electrons. The number of carbonyl (C=O) groups is 1. The van der Waals surface area contributed by atoms with Gasteiger partial charge in [-0.05, 0) is 63.3 Å². The van der Waals surface area contributed by atoms with Crippen LogP contribution in [-0.2, 0) is 19.3 Å². The number of amides is 1. The van der Waals surface area contributed by atoms with Crippen LogP contribution < -0.4 is 4.74 Å². The average molecular weight is 543 g/mol. The Morgan fingerprint density at radius 1 is 1.14 bits per heavy atom. The predicted molar refractivity (Wildman–Crippen MR) is 131 cm³/mol. The highest BCUT2D eigenvalue weighted by atomic mass is 35.5. The van der Waals surface area contributed by atoms with Gasteiger partial charge in [0, 0.05) is 37.0 Å². The standard InChI is InChI=1S/C25H29ClF2N2O5S/c1-29(2)18-9-13-30(14-10-18)24(31)35-16-12-25(36(32,33)19-5-3-17(26)4-6-19)11-15-34-23-21(28)8-7-20(27)22(23)25/h3-8,18H,9-16H2,1-2H3. The van der Waals surface area contributed by atoms with Gasteiger partial charge in [-0.25, -0.2) is 22.0 Å². The van der Waals surface area contributed by atoms with Crippen LogP contribution in [0.15, 0.2) is 41.3 Å². The summed E-state index contributed by atoms with van der Waals surface area (Å²) in [6.45, 7) is 0.597. The van der Waals surface area contributed by atoms with E-state index in [1.54, 1.807) is 4.90 Å². The molecule has 0 N–H and O–H groups in total. The van der Waals surface area contributed by atoms with E-state index in [-0.39, 0.29) is 36.5 Å². The molecule has 2 aliphatic heterocycles. The van der Waals surface area contributed by atoms with Gasteiger partial charge in [-0.15, -0.1) is 0 Å². The maximum absolute atomic E-state index is 15.2. The van der Waals surface area contributed by atoms with Gasteiger partial charge in [-0.3, -0.25) is 0 Å². The van der Waals surface area contributed by atoms with Crippen molar-refractivity contribution in [3.05, 3.63) is 58.6 Å². The van der Waals surface area contributed by atoms with E-state index in [4.69, 9.17) is 21.1 Å².